The van der Waals surface area contributed by atoms with Crippen molar-refractivity contribution >= 4 is 38.9 Å². The molecule has 0 saturated heterocycles. The van der Waals surface area contributed by atoms with E-state index < -0.39 is 10.0 Å². The van der Waals surface area contributed by atoms with Gasteiger partial charge in [-0.2, -0.15) is 0 Å². The normalized spacial score (nSPS) is 13.1. The maximum atomic E-state index is 12.7. The predicted molar refractivity (Wildman–Crippen MR) is 123 cm³/mol. The molecule has 0 spiro atoms. The van der Waals surface area contributed by atoms with Gasteiger partial charge in [0.25, 0.3) is 15.9 Å². The van der Waals surface area contributed by atoms with E-state index in [1.807, 2.05) is 24.3 Å². The summed E-state index contributed by atoms with van der Waals surface area (Å²) in [7, 11) is -3.78. The van der Waals surface area contributed by atoms with Gasteiger partial charge in [-0.15, -0.1) is 0 Å². The van der Waals surface area contributed by atoms with Crippen molar-refractivity contribution in [2.45, 2.75) is 11.8 Å². The summed E-state index contributed by atoms with van der Waals surface area (Å²) in [6.45, 7) is 2.40. The van der Waals surface area contributed by atoms with Gasteiger partial charge in [-0.05, 0) is 67.1 Å². The molecule has 1 N–H and O–H groups in total. The van der Waals surface area contributed by atoms with E-state index in [0.717, 1.165) is 0 Å². The molecule has 0 saturated carbocycles. The second-order valence-corrected chi connectivity index (χ2v) is 9.31. The van der Waals surface area contributed by atoms with E-state index in [4.69, 9.17) is 21.1 Å². The number of halogens is 1. The summed E-state index contributed by atoms with van der Waals surface area (Å²) in [4.78, 5) is 14.4. The lowest BCUT2D eigenvalue weighted by molar-refractivity contribution is -0.120. The van der Waals surface area contributed by atoms with Crippen molar-refractivity contribution in [3.05, 3.63) is 77.3 Å². The highest BCUT2D eigenvalue weighted by atomic mass is 35.5. The topological polar surface area (TPSA) is 84.9 Å². The maximum absolute atomic E-state index is 12.7. The van der Waals surface area contributed by atoms with Crippen molar-refractivity contribution in [1.29, 1.82) is 0 Å². The zero-order valence-electron chi connectivity index (χ0n) is 17.2. The molecule has 0 radical (unpaired) electrons. The molecule has 7 nitrogen and oxygen atoms in total. The Balaban J connectivity index is 1.44. The molecule has 1 amide bonds. The van der Waals surface area contributed by atoms with E-state index >= 15 is 0 Å². The summed E-state index contributed by atoms with van der Waals surface area (Å²) in [6, 6.07) is 18.2. The van der Waals surface area contributed by atoms with Crippen LogP contribution < -0.4 is 19.1 Å². The van der Waals surface area contributed by atoms with Crippen LogP contribution in [0.5, 0.6) is 11.5 Å². The maximum Gasteiger partial charge on any atom is 0.265 e. The Morgan fingerprint density at radius 1 is 1.12 bits per heavy atom. The number of amides is 1. The lowest BCUT2D eigenvalue weighted by atomic mass is 10.2. The molecule has 0 bridgehead atoms. The van der Waals surface area contributed by atoms with E-state index in [2.05, 4.69) is 4.72 Å². The smallest absolute Gasteiger partial charge is 0.265 e. The molecule has 9 heteroatoms. The van der Waals surface area contributed by atoms with Crippen molar-refractivity contribution in [3.8, 4) is 11.5 Å². The molecule has 4 rings (SSSR count). The first-order chi connectivity index (χ1) is 15.3. The molecular formula is C23H21ClN2O5S. The van der Waals surface area contributed by atoms with Crippen molar-refractivity contribution in [2.24, 2.45) is 0 Å². The van der Waals surface area contributed by atoms with Gasteiger partial charge in [-0.25, -0.2) is 8.42 Å². The van der Waals surface area contributed by atoms with Crippen LogP contribution in [0.1, 0.15) is 5.56 Å². The van der Waals surface area contributed by atoms with Crippen LogP contribution in [-0.2, 0) is 14.8 Å². The number of nitrogens with zero attached hydrogens (tertiary/aromatic N) is 1. The van der Waals surface area contributed by atoms with Crippen LogP contribution in [0, 0.1) is 6.92 Å². The number of fused-ring (bicyclic) bond motifs is 1. The summed E-state index contributed by atoms with van der Waals surface area (Å²) in [5, 5.41) is 0.514. The first-order valence-corrected chi connectivity index (χ1v) is 11.7. The van der Waals surface area contributed by atoms with Gasteiger partial charge in [0.15, 0.2) is 6.61 Å². The highest BCUT2D eigenvalue weighted by Crippen LogP contribution is 2.31. The van der Waals surface area contributed by atoms with Crippen molar-refractivity contribution in [2.75, 3.05) is 29.4 Å². The number of benzene rings is 3. The van der Waals surface area contributed by atoms with E-state index in [1.54, 1.807) is 42.2 Å². The van der Waals surface area contributed by atoms with Crippen LogP contribution in [0.2, 0.25) is 5.02 Å². The lowest BCUT2D eigenvalue weighted by Gasteiger charge is -2.29. The molecule has 32 heavy (non-hydrogen) atoms. The Morgan fingerprint density at radius 2 is 1.88 bits per heavy atom. The van der Waals surface area contributed by atoms with Gasteiger partial charge < -0.3 is 14.4 Å². The van der Waals surface area contributed by atoms with Gasteiger partial charge in [0.05, 0.1) is 17.1 Å². The fourth-order valence-electron chi connectivity index (χ4n) is 3.33. The van der Waals surface area contributed by atoms with Gasteiger partial charge >= 0.3 is 0 Å². The SMILES string of the molecule is Cc1cc(S(=O)(=O)Nc2ccc(Cl)cc2)ccc1OCC(=O)N1CCOc2ccccc21. The molecule has 3 aromatic rings. The summed E-state index contributed by atoms with van der Waals surface area (Å²) >= 11 is 5.84. The number of para-hydroxylation sites is 2. The number of carbonyl (C=O) groups excluding carboxylic acids is 1. The zero-order chi connectivity index (χ0) is 22.7. The molecule has 0 aliphatic carbocycles. The number of carbonyl (C=O) groups is 1. The second kappa shape index (κ2) is 9.10. The summed E-state index contributed by atoms with van der Waals surface area (Å²) < 4.78 is 39.2. The van der Waals surface area contributed by atoms with Crippen LogP contribution in [0.3, 0.4) is 0 Å². The molecule has 0 aromatic heterocycles. The Kier molecular flexibility index (Phi) is 6.25. The number of ether oxygens (including phenoxy) is 2. The number of rotatable bonds is 6. The molecular weight excluding hydrogens is 452 g/mol. The molecule has 1 heterocycles. The predicted octanol–water partition coefficient (Wildman–Crippen LogP) is 4.25. The summed E-state index contributed by atoms with van der Waals surface area (Å²) in [5.41, 5.74) is 1.71. The number of nitrogens with one attached hydrogen (secondary N) is 1. The van der Waals surface area contributed by atoms with Gasteiger partial charge in [0, 0.05) is 10.7 Å². The fraction of sp³-hybridized carbons (Fsp3) is 0.174. The summed E-state index contributed by atoms with van der Waals surface area (Å²) in [6.07, 6.45) is 0. The van der Waals surface area contributed by atoms with E-state index in [9.17, 15) is 13.2 Å². The number of aryl methyl sites for hydroxylation is 1. The quantitative estimate of drug-likeness (QED) is 0.579. The van der Waals surface area contributed by atoms with Crippen LogP contribution in [0.4, 0.5) is 11.4 Å². The molecule has 1 aliphatic heterocycles. The summed E-state index contributed by atoms with van der Waals surface area (Å²) in [5.74, 6) is 0.887. The molecule has 3 aromatic carbocycles. The third-order valence-corrected chi connectivity index (χ3v) is 6.56. The Hall–Kier alpha value is -3.23. The zero-order valence-corrected chi connectivity index (χ0v) is 18.8. The first-order valence-electron chi connectivity index (χ1n) is 9.87. The minimum Gasteiger partial charge on any atom is -0.490 e. The monoisotopic (exact) mass is 472 g/mol. The average Bonchev–Trinajstić information content (AvgIpc) is 2.79. The highest BCUT2D eigenvalue weighted by molar-refractivity contribution is 7.92. The van der Waals surface area contributed by atoms with E-state index in [-0.39, 0.29) is 17.4 Å². The lowest BCUT2D eigenvalue weighted by Crippen LogP contribution is -2.40. The second-order valence-electron chi connectivity index (χ2n) is 7.19. The van der Waals surface area contributed by atoms with Gasteiger partial charge in [0.2, 0.25) is 0 Å². The van der Waals surface area contributed by atoms with Gasteiger partial charge in [-0.3, -0.25) is 9.52 Å². The third kappa shape index (κ3) is 4.81. The molecule has 0 fully saturated rings. The standard InChI is InChI=1S/C23H21ClN2O5S/c1-16-14-19(32(28,29)25-18-8-6-17(24)7-9-18)10-11-21(16)31-15-23(27)26-12-13-30-22-5-3-2-4-20(22)26/h2-11,14,25H,12-13,15H2,1H3. The molecule has 0 unspecified atom stereocenters. The Labute approximate surface area is 191 Å². The van der Waals surface area contributed by atoms with Gasteiger partial charge in [0.1, 0.15) is 18.1 Å². The number of hydrogen-bond donors (Lipinski definition) is 1. The van der Waals surface area contributed by atoms with E-state index in [0.29, 0.717) is 46.6 Å². The largest absolute Gasteiger partial charge is 0.490 e. The number of sulfonamides is 1. The van der Waals surface area contributed by atoms with Crippen LogP contribution >= 0.6 is 11.6 Å². The first kappa shape index (κ1) is 22.0. The number of anilines is 2. The van der Waals surface area contributed by atoms with Crippen LogP contribution in [-0.4, -0.2) is 34.1 Å². The van der Waals surface area contributed by atoms with Crippen molar-refractivity contribution in [3.63, 3.8) is 0 Å². The van der Waals surface area contributed by atoms with Gasteiger partial charge in [-0.1, -0.05) is 23.7 Å². The molecule has 166 valence electrons. The van der Waals surface area contributed by atoms with Crippen molar-refractivity contribution < 1.29 is 22.7 Å². The molecule has 0 atom stereocenters. The van der Waals surface area contributed by atoms with Crippen LogP contribution in [0.15, 0.2) is 71.6 Å². The Morgan fingerprint density at radius 3 is 2.62 bits per heavy atom. The molecule has 1 aliphatic rings. The average molecular weight is 473 g/mol. The third-order valence-electron chi connectivity index (χ3n) is 4.93. The highest BCUT2D eigenvalue weighted by Gasteiger charge is 2.24. The van der Waals surface area contributed by atoms with Crippen molar-refractivity contribution in [1.82, 2.24) is 0 Å². The van der Waals surface area contributed by atoms with Crippen LogP contribution in [0.25, 0.3) is 0 Å². The number of hydrogen-bond acceptors (Lipinski definition) is 5. The minimum atomic E-state index is -3.78. The van der Waals surface area contributed by atoms with E-state index in [1.165, 1.54) is 12.1 Å². The fourth-order valence-corrected chi connectivity index (χ4v) is 4.60. The minimum absolute atomic E-state index is 0.0886. The Bertz CT molecular complexity index is 1250.